The van der Waals surface area contributed by atoms with Crippen LogP contribution in [0.15, 0.2) is 30.3 Å². The first-order valence-electron chi connectivity index (χ1n) is 6.12. The Hall–Kier alpha value is -0.900. The molecular formula is C14H24N2O. The molecular weight excluding hydrogens is 212 g/mol. The van der Waals surface area contributed by atoms with Crippen molar-refractivity contribution in [3.63, 3.8) is 0 Å². The first-order chi connectivity index (χ1) is 8.07. The first kappa shape index (κ1) is 14.2. The van der Waals surface area contributed by atoms with E-state index in [4.69, 9.17) is 10.6 Å². The third-order valence-electron chi connectivity index (χ3n) is 3.21. The van der Waals surface area contributed by atoms with Crippen molar-refractivity contribution in [1.29, 1.82) is 0 Å². The molecule has 0 aliphatic carbocycles. The van der Waals surface area contributed by atoms with Gasteiger partial charge in [0.25, 0.3) is 0 Å². The van der Waals surface area contributed by atoms with E-state index in [0.29, 0.717) is 6.04 Å². The molecule has 0 spiro atoms. The number of hydrogen-bond donors (Lipinski definition) is 2. The van der Waals surface area contributed by atoms with E-state index in [1.165, 1.54) is 5.56 Å². The highest BCUT2D eigenvalue weighted by Gasteiger charge is 2.18. The second-order valence-electron chi connectivity index (χ2n) is 5.06. The van der Waals surface area contributed by atoms with Crippen molar-refractivity contribution in [3.8, 4) is 0 Å². The van der Waals surface area contributed by atoms with E-state index in [1.807, 2.05) is 6.07 Å². The molecule has 3 heteroatoms. The van der Waals surface area contributed by atoms with E-state index in [2.05, 4.69) is 43.5 Å². The summed E-state index contributed by atoms with van der Waals surface area (Å²) in [5.74, 6) is 5.60. The highest BCUT2D eigenvalue weighted by molar-refractivity contribution is 5.15. The monoisotopic (exact) mass is 236 g/mol. The average molecular weight is 236 g/mol. The molecule has 1 rings (SSSR count). The number of hydrazine groups is 1. The lowest BCUT2D eigenvalue weighted by Gasteiger charge is -2.25. The summed E-state index contributed by atoms with van der Waals surface area (Å²) in [6.07, 6.45) is 2.95. The van der Waals surface area contributed by atoms with Gasteiger partial charge in [0.05, 0.1) is 5.60 Å². The number of benzene rings is 1. The lowest BCUT2D eigenvalue weighted by molar-refractivity contribution is 0.0117. The molecule has 0 fully saturated rings. The second-order valence-corrected chi connectivity index (χ2v) is 5.06. The van der Waals surface area contributed by atoms with Crippen LogP contribution in [0.2, 0.25) is 0 Å². The molecule has 1 unspecified atom stereocenters. The van der Waals surface area contributed by atoms with Crippen LogP contribution >= 0.6 is 0 Å². The number of rotatable bonds is 7. The lowest BCUT2D eigenvalue weighted by Crippen LogP contribution is -2.38. The molecule has 0 bridgehead atoms. The summed E-state index contributed by atoms with van der Waals surface area (Å²) in [6, 6.07) is 10.7. The third kappa shape index (κ3) is 5.31. The van der Waals surface area contributed by atoms with Crippen molar-refractivity contribution < 1.29 is 4.74 Å². The molecule has 0 aliphatic heterocycles. The van der Waals surface area contributed by atoms with Crippen molar-refractivity contribution in [2.24, 2.45) is 5.84 Å². The van der Waals surface area contributed by atoms with Crippen molar-refractivity contribution in [2.75, 3.05) is 7.11 Å². The Morgan fingerprint density at radius 3 is 2.47 bits per heavy atom. The number of hydrogen-bond acceptors (Lipinski definition) is 3. The zero-order valence-corrected chi connectivity index (χ0v) is 11.1. The Bertz CT molecular complexity index is 311. The Kier molecular flexibility index (Phi) is 5.62. The van der Waals surface area contributed by atoms with Gasteiger partial charge in [-0.2, -0.15) is 0 Å². The van der Waals surface area contributed by atoms with Crippen molar-refractivity contribution in [3.05, 3.63) is 35.9 Å². The van der Waals surface area contributed by atoms with Gasteiger partial charge in [0.1, 0.15) is 0 Å². The zero-order chi connectivity index (χ0) is 12.7. The highest BCUT2D eigenvalue weighted by atomic mass is 16.5. The minimum atomic E-state index is -0.0776. The van der Waals surface area contributed by atoms with Gasteiger partial charge in [-0.3, -0.25) is 11.3 Å². The summed E-state index contributed by atoms with van der Waals surface area (Å²) < 4.78 is 5.41. The minimum absolute atomic E-state index is 0.0776. The highest BCUT2D eigenvalue weighted by Crippen LogP contribution is 2.18. The molecule has 0 saturated heterocycles. The van der Waals surface area contributed by atoms with E-state index >= 15 is 0 Å². The van der Waals surface area contributed by atoms with E-state index in [0.717, 1.165) is 19.3 Å². The van der Waals surface area contributed by atoms with Crippen molar-refractivity contribution in [2.45, 2.75) is 44.8 Å². The quantitative estimate of drug-likeness (QED) is 0.564. The minimum Gasteiger partial charge on any atom is -0.379 e. The Labute approximate surface area is 104 Å². The molecule has 0 radical (unpaired) electrons. The lowest BCUT2D eigenvalue weighted by atomic mass is 9.95. The third-order valence-corrected chi connectivity index (χ3v) is 3.21. The predicted molar refractivity (Wildman–Crippen MR) is 71.6 cm³/mol. The number of nitrogens with one attached hydrogen (secondary N) is 1. The largest absolute Gasteiger partial charge is 0.379 e. The number of nitrogens with two attached hydrogens (primary N) is 1. The molecule has 96 valence electrons. The van der Waals surface area contributed by atoms with E-state index in [1.54, 1.807) is 7.11 Å². The van der Waals surface area contributed by atoms with Gasteiger partial charge in [-0.05, 0) is 38.7 Å². The molecule has 1 atom stereocenters. The maximum atomic E-state index is 5.60. The molecule has 1 aromatic rings. The van der Waals surface area contributed by atoms with Crippen LogP contribution in [0.1, 0.15) is 32.3 Å². The van der Waals surface area contributed by atoms with Crippen LogP contribution in [-0.4, -0.2) is 18.8 Å². The maximum absolute atomic E-state index is 5.60. The zero-order valence-electron chi connectivity index (χ0n) is 11.1. The van der Waals surface area contributed by atoms with Gasteiger partial charge in [0.15, 0.2) is 0 Å². The van der Waals surface area contributed by atoms with Crippen LogP contribution in [0.5, 0.6) is 0 Å². The summed E-state index contributed by atoms with van der Waals surface area (Å²) in [5.41, 5.74) is 4.12. The maximum Gasteiger partial charge on any atom is 0.0623 e. The van der Waals surface area contributed by atoms with Crippen LogP contribution in [0, 0.1) is 0 Å². The van der Waals surface area contributed by atoms with Crippen LogP contribution in [0.25, 0.3) is 0 Å². The summed E-state index contributed by atoms with van der Waals surface area (Å²) in [5, 5.41) is 0. The van der Waals surface area contributed by atoms with Crippen LogP contribution in [0.4, 0.5) is 0 Å². The van der Waals surface area contributed by atoms with Crippen LogP contribution in [0.3, 0.4) is 0 Å². The fourth-order valence-corrected chi connectivity index (χ4v) is 1.77. The Morgan fingerprint density at radius 1 is 1.29 bits per heavy atom. The second kappa shape index (κ2) is 6.74. The summed E-state index contributed by atoms with van der Waals surface area (Å²) in [7, 11) is 1.75. The van der Waals surface area contributed by atoms with Gasteiger partial charge in [-0.1, -0.05) is 30.3 Å². The molecule has 0 heterocycles. The fraction of sp³-hybridized carbons (Fsp3) is 0.571. The van der Waals surface area contributed by atoms with Gasteiger partial charge in [-0.15, -0.1) is 0 Å². The summed E-state index contributed by atoms with van der Waals surface area (Å²) >= 11 is 0. The van der Waals surface area contributed by atoms with Gasteiger partial charge in [0.2, 0.25) is 0 Å². The normalized spacial score (nSPS) is 13.6. The van der Waals surface area contributed by atoms with Gasteiger partial charge >= 0.3 is 0 Å². The van der Waals surface area contributed by atoms with Crippen LogP contribution < -0.4 is 11.3 Å². The number of methoxy groups -OCH3 is 1. The van der Waals surface area contributed by atoms with Crippen molar-refractivity contribution in [1.82, 2.24) is 5.43 Å². The van der Waals surface area contributed by atoms with Gasteiger partial charge < -0.3 is 4.74 Å². The molecule has 3 N–H and O–H groups in total. The fourth-order valence-electron chi connectivity index (χ4n) is 1.77. The topological polar surface area (TPSA) is 47.3 Å². The van der Waals surface area contributed by atoms with Gasteiger partial charge in [-0.25, -0.2) is 0 Å². The van der Waals surface area contributed by atoms with E-state index in [-0.39, 0.29) is 5.60 Å². The Balaban J connectivity index is 2.44. The molecule has 0 aromatic heterocycles. The predicted octanol–water partition coefficient (Wildman–Crippen LogP) is 2.27. The number of ether oxygens (including phenoxy) is 1. The molecule has 0 amide bonds. The first-order valence-corrected chi connectivity index (χ1v) is 6.12. The standard InChI is InChI=1S/C14H24N2O/c1-14(2,17-3)10-9-13(16-15)11-12-7-5-4-6-8-12/h4-8,13,16H,9-11,15H2,1-3H3. The molecule has 0 saturated carbocycles. The smallest absolute Gasteiger partial charge is 0.0623 e. The molecule has 3 nitrogen and oxygen atoms in total. The molecule has 1 aromatic carbocycles. The summed E-state index contributed by atoms with van der Waals surface area (Å²) in [6.45, 7) is 4.20. The Morgan fingerprint density at radius 2 is 1.94 bits per heavy atom. The van der Waals surface area contributed by atoms with E-state index < -0.39 is 0 Å². The van der Waals surface area contributed by atoms with Crippen molar-refractivity contribution >= 4 is 0 Å². The van der Waals surface area contributed by atoms with Gasteiger partial charge in [0, 0.05) is 13.2 Å². The summed E-state index contributed by atoms with van der Waals surface area (Å²) in [4.78, 5) is 0. The molecule has 0 aliphatic rings. The van der Waals surface area contributed by atoms with Crippen LogP contribution in [-0.2, 0) is 11.2 Å². The SMILES string of the molecule is COC(C)(C)CCC(Cc1ccccc1)NN. The molecule has 17 heavy (non-hydrogen) atoms. The average Bonchev–Trinajstić information content (AvgIpc) is 2.35. The van der Waals surface area contributed by atoms with E-state index in [9.17, 15) is 0 Å².